The molecule has 39 heavy (non-hydrogen) atoms. The molecule has 3 aromatic heterocycles. The van der Waals surface area contributed by atoms with Crippen molar-refractivity contribution >= 4 is 65.4 Å². The van der Waals surface area contributed by atoms with Crippen LogP contribution in [0.1, 0.15) is 0 Å². The molecule has 0 atom stereocenters. The number of fused-ring (bicyclic) bond motifs is 10. The number of para-hydroxylation sites is 4. The lowest BCUT2D eigenvalue weighted by molar-refractivity contribution is 1.18. The molecule has 182 valence electrons. The summed E-state index contributed by atoms with van der Waals surface area (Å²) in [5.74, 6) is 0. The van der Waals surface area contributed by atoms with E-state index in [9.17, 15) is 0 Å². The van der Waals surface area contributed by atoms with Gasteiger partial charge in [0.15, 0.2) is 0 Å². The van der Waals surface area contributed by atoms with Gasteiger partial charge in [0.1, 0.15) is 0 Å². The number of nitrogens with zero attached hydrogens (tertiary/aromatic N) is 2. The number of hydrogen-bond donors (Lipinski definition) is 1. The molecule has 0 spiro atoms. The Labute approximate surface area is 224 Å². The number of aromatic amines is 1. The van der Waals surface area contributed by atoms with E-state index < -0.39 is 0 Å². The molecule has 9 rings (SSSR count). The van der Waals surface area contributed by atoms with E-state index >= 15 is 0 Å². The second-order valence-electron chi connectivity index (χ2n) is 10.3. The Morgan fingerprint density at radius 2 is 0.949 bits per heavy atom. The average Bonchev–Trinajstić information content (AvgIpc) is 3.65. The van der Waals surface area contributed by atoms with Crippen molar-refractivity contribution < 1.29 is 0 Å². The van der Waals surface area contributed by atoms with Crippen LogP contribution in [0.15, 0.2) is 133 Å². The third kappa shape index (κ3) is 2.76. The number of H-pyrrole nitrogens is 1. The third-order valence-electron chi connectivity index (χ3n) is 8.24. The summed E-state index contributed by atoms with van der Waals surface area (Å²) in [6.07, 6.45) is 0. The topological polar surface area (TPSA) is 25.6 Å². The molecule has 0 aliphatic heterocycles. The summed E-state index contributed by atoms with van der Waals surface area (Å²) in [5.41, 5.74) is 9.54. The highest BCUT2D eigenvalue weighted by Gasteiger charge is 2.18. The molecule has 0 amide bonds. The van der Waals surface area contributed by atoms with Crippen molar-refractivity contribution in [1.82, 2.24) is 14.1 Å². The van der Waals surface area contributed by atoms with Crippen LogP contribution in [0.25, 0.3) is 76.8 Å². The van der Waals surface area contributed by atoms with Crippen LogP contribution in [0.2, 0.25) is 0 Å². The molecule has 0 radical (unpaired) electrons. The first-order chi connectivity index (χ1) is 19.4. The van der Waals surface area contributed by atoms with Crippen LogP contribution in [0, 0.1) is 0 Å². The maximum absolute atomic E-state index is 3.81. The molecular formula is C36H23N3. The van der Waals surface area contributed by atoms with E-state index in [0.29, 0.717) is 0 Å². The number of benzene rings is 6. The van der Waals surface area contributed by atoms with Gasteiger partial charge in [-0.1, -0.05) is 84.9 Å². The zero-order chi connectivity index (χ0) is 25.5. The predicted molar refractivity (Wildman–Crippen MR) is 164 cm³/mol. The maximum atomic E-state index is 3.81. The number of rotatable bonds is 2. The van der Waals surface area contributed by atoms with E-state index in [-0.39, 0.29) is 0 Å². The lowest BCUT2D eigenvalue weighted by Gasteiger charge is -2.08. The number of nitrogens with one attached hydrogen (secondary N) is 1. The van der Waals surface area contributed by atoms with E-state index in [4.69, 9.17) is 0 Å². The van der Waals surface area contributed by atoms with Gasteiger partial charge in [-0.25, -0.2) is 0 Å². The molecule has 0 saturated heterocycles. The second-order valence-corrected chi connectivity index (χ2v) is 10.3. The summed E-state index contributed by atoms with van der Waals surface area (Å²) in [5, 5.41) is 7.55. The van der Waals surface area contributed by atoms with Crippen molar-refractivity contribution in [3.63, 3.8) is 0 Å². The molecule has 1 N–H and O–H groups in total. The molecule has 0 saturated carbocycles. The van der Waals surface area contributed by atoms with Gasteiger partial charge < -0.3 is 14.1 Å². The normalized spacial score (nSPS) is 12.1. The van der Waals surface area contributed by atoms with Gasteiger partial charge >= 0.3 is 0 Å². The summed E-state index contributed by atoms with van der Waals surface area (Å²) in [4.78, 5) is 3.81. The minimum atomic E-state index is 1.15. The monoisotopic (exact) mass is 497 g/mol. The van der Waals surface area contributed by atoms with E-state index in [1.807, 2.05) is 0 Å². The van der Waals surface area contributed by atoms with E-state index in [2.05, 4.69) is 148 Å². The van der Waals surface area contributed by atoms with Crippen molar-refractivity contribution in [3.8, 4) is 11.4 Å². The highest BCUT2D eigenvalue weighted by Crippen LogP contribution is 2.40. The van der Waals surface area contributed by atoms with Crippen molar-refractivity contribution in [1.29, 1.82) is 0 Å². The number of aromatic nitrogens is 3. The molecule has 3 heterocycles. The lowest BCUT2D eigenvalue weighted by Crippen LogP contribution is -1.93. The van der Waals surface area contributed by atoms with Crippen LogP contribution >= 0.6 is 0 Å². The molecule has 6 aromatic carbocycles. The van der Waals surface area contributed by atoms with Crippen molar-refractivity contribution in [2.75, 3.05) is 0 Å². The predicted octanol–water partition coefficient (Wildman–Crippen LogP) is 9.52. The first kappa shape index (κ1) is 20.7. The highest BCUT2D eigenvalue weighted by molar-refractivity contribution is 6.23. The Balaban J connectivity index is 1.39. The zero-order valence-electron chi connectivity index (χ0n) is 21.1. The fraction of sp³-hybridized carbons (Fsp3) is 0. The minimum absolute atomic E-state index is 1.15. The van der Waals surface area contributed by atoms with Gasteiger partial charge in [0, 0.05) is 49.2 Å². The SMILES string of the molecule is c1ccc(-n2c3ccccc3c3ccc4c5cc(-n6c7ccccc7c7ccccc76)ccc5[nH]c4c32)cc1. The molecular weight excluding hydrogens is 474 g/mol. The molecule has 0 bridgehead atoms. The molecule has 0 fully saturated rings. The maximum Gasteiger partial charge on any atom is 0.0783 e. The largest absolute Gasteiger partial charge is 0.353 e. The molecule has 0 unspecified atom stereocenters. The summed E-state index contributed by atoms with van der Waals surface area (Å²) < 4.78 is 4.79. The Morgan fingerprint density at radius 3 is 1.64 bits per heavy atom. The fourth-order valence-corrected chi connectivity index (χ4v) is 6.59. The van der Waals surface area contributed by atoms with Gasteiger partial charge in [0.25, 0.3) is 0 Å². The first-order valence-electron chi connectivity index (χ1n) is 13.4. The standard InChI is InChI=1S/C36H23N3/c1-2-10-23(11-3-1)39-34-17-9-6-14-27(34)29-20-19-28-30-22-24(18-21-31(30)37-35(28)36(29)39)38-32-15-7-4-12-25(32)26-13-5-8-16-33(26)38/h1-22,37H. The minimum Gasteiger partial charge on any atom is -0.353 e. The van der Waals surface area contributed by atoms with Crippen molar-refractivity contribution in [2.45, 2.75) is 0 Å². The number of hydrogen-bond acceptors (Lipinski definition) is 0. The second kappa shape index (κ2) is 7.62. The van der Waals surface area contributed by atoms with Gasteiger partial charge in [-0.3, -0.25) is 0 Å². The fourth-order valence-electron chi connectivity index (χ4n) is 6.59. The Bertz CT molecular complexity index is 2330. The summed E-state index contributed by atoms with van der Waals surface area (Å²) >= 11 is 0. The first-order valence-corrected chi connectivity index (χ1v) is 13.4. The Kier molecular flexibility index (Phi) is 4.05. The zero-order valence-corrected chi connectivity index (χ0v) is 21.1. The Hall–Kier alpha value is -5.28. The molecule has 0 aliphatic carbocycles. The van der Waals surface area contributed by atoms with Crippen LogP contribution in [-0.2, 0) is 0 Å². The van der Waals surface area contributed by atoms with Crippen LogP contribution in [-0.4, -0.2) is 14.1 Å². The van der Waals surface area contributed by atoms with Crippen LogP contribution < -0.4 is 0 Å². The molecule has 0 aliphatic rings. The lowest BCUT2D eigenvalue weighted by atomic mass is 10.1. The average molecular weight is 498 g/mol. The smallest absolute Gasteiger partial charge is 0.0783 e. The quantitative estimate of drug-likeness (QED) is 0.246. The molecule has 3 heteroatoms. The van der Waals surface area contributed by atoms with E-state index in [1.54, 1.807) is 0 Å². The summed E-state index contributed by atoms with van der Waals surface area (Å²) in [6, 6.07) is 48.1. The third-order valence-corrected chi connectivity index (χ3v) is 8.24. The molecule has 9 aromatic rings. The van der Waals surface area contributed by atoms with Gasteiger partial charge in [0.2, 0.25) is 0 Å². The van der Waals surface area contributed by atoms with E-state index in [0.717, 1.165) is 5.52 Å². The highest BCUT2D eigenvalue weighted by atomic mass is 15.0. The van der Waals surface area contributed by atoms with Crippen LogP contribution in [0.3, 0.4) is 0 Å². The van der Waals surface area contributed by atoms with Crippen molar-refractivity contribution in [3.05, 3.63) is 133 Å². The van der Waals surface area contributed by atoms with Gasteiger partial charge in [-0.2, -0.15) is 0 Å². The van der Waals surface area contributed by atoms with Gasteiger partial charge in [0.05, 0.1) is 27.6 Å². The van der Waals surface area contributed by atoms with Crippen LogP contribution in [0.5, 0.6) is 0 Å². The van der Waals surface area contributed by atoms with E-state index in [1.165, 1.54) is 71.3 Å². The van der Waals surface area contributed by atoms with Gasteiger partial charge in [-0.05, 0) is 48.5 Å². The summed E-state index contributed by atoms with van der Waals surface area (Å²) in [6.45, 7) is 0. The van der Waals surface area contributed by atoms with Crippen molar-refractivity contribution in [2.24, 2.45) is 0 Å². The molecule has 3 nitrogen and oxygen atoms in total. The summed E-state index contributed by atoms with van der Waals surface area (Å²) in [7, 11) is 0. The van der Waals surface area contributed by atoms with Gasteiger partial charge in [-0.15, -0.1) is 0 Å². The Morgan fingerprint density at radius 1 is 0.385 bits per heavy atom. The van der Waals surface area contributed by atoms with Crippen LogP contribution in [0.4, 0.5) is 0 Å².